The van der Waals surface area contributed by atoms with E-state index in [0.29, 0.717) is 0 Å². The van der Waals surface area contributed by atoms with Crippen LogP contribution in [0.3, 0.4) is 0 Å². The van der Waals surface area contributed by atoms with E-state index < -0.39 is 0 Å². The van der Waals surface area contributed by atoms with E-state index in [9.17, 15) is 0 Å². The molecular weight excluding hydrogens is 990 g/mol. The lowest BCUT2D eigenvalue weighted by molar-refractivity contribution is 1.26. The number of para-hydroxylation sites is 3. The van der Waals surface area contributed by atoms with Crippen molar-refractivity contribution in [1.82, 2.24) is 0 Å². The minimum atomic E-state index is -0.0303. The monoisotopic (exact) mass is 1040 g/mol. The molecule has 4 aliphatic rings. The summed E-state index contributed by atoms with van der Waals surface area (Å²) in [5, 5.41) is 9.99. The molecule has 0 amide bonds. The van der Waals surface area contributed by atoms with Crippen LogP contribution in [-0.2, 0) is 0 Å². The molecule has 0 saturated carbocycles. The molecule has 378 valence electrons. The van der Waals surface area contributed by atoms with Crippen LogP contribution in [0.15, 0.2) is 291 Å². The Labute approximate surface area is 476 Å². The molecular formula is C76H48B2N4. The zero-order valence-corrected chi connectivity index (χ0v) is 44.7. The molecule has 0 unspecified atom stereocenters. The van der Waals surface area contributed by atoms with Gasteiger partial charge in [0.1, 0.15) is 0 Å². The van der Waals surface area contributed by atoms with Gasteiger partial charge in [0.15, 0.2) is 0 Å². The Kier molecular flexibility index (Phi) is 9.66. The summed E-state index contributed by atoms with van der Waals surface area (Å²) in [6.45, 7) is -0.0483. The Morgan fingerprint density at radius 2 is 0.561 bits per heavy atom. The quantitative estimate of drug-likeness (QED) is 0.159. The normalized spacial score (nSPS) is 13.5. The Morgan fingerprint density at radius 3 is 1.06 bits per heavy atom. The fraction of sp³-hybridized carbons (Fsp3) is 0. The van der Waals surface area contributed by atoms with Gasteiger partial charge < -0.3 is 19.6 Å². The van der Waals surface area contributed by atoms with Gasteiger partial charge in [-0.25, -0.2) is 0 Å². The van der Waals surface area contributed by atoms with E-state index in [1.54, 1.807) is 0 Å². The highest BCUT2D eigenvalue weighted by atomic mass is 15.2. The van der Waals surface area contributed by atoms with Gasteiger partial charge in [-0.05, 0) is 190 Å². The first-order valence-electron chi connectivity index (χ1n) is 28.6. The molecule has 0 aromatic heterocycles. The van der Waals surface area contributed by atoms with Crippen LogP contribution in [-0.4, -0.2) is 13.4 Å². The molecule has 14 aromatic rings. The van der Waals surface area contributed by atoms with Crippen LogP contribution in [0.4, 0.5) is 68.2 Å². The zero-order chi connectivity index (χ0) is 53.6. The van der Waals surface area contributed by atoms with Gasteiger partial charge in [-0.3, -0.25) is 0 Å². The number of rotatable bonds is 5. The summed E-state index contributed by atoms with van der Waals surface area (Å²) in [7, 11) is 0. The molecule has 0 spiro atoms. The minimum absolute atomic E-state index is 0.0180. The van der Waals surface area contributed by atoms with Crippen molar-refractivity contribution in [2.24, 2.45) is 0 Å². The number of fused-ring (bicyclic) bond motifs is 15. The van der Waals surface area contributed by atoms with E-state index in [-0.39, 0.29) is 13.4 Å². The van der Waals surface area contributed by atoms with Crippen LogP contribution >= 0.6 is 0 Å². The molecule has 4 aliphatic heterocycles. The average molecular weight is 1040 g/mol. The van der Waals surface area contributed by atoms with Gasteiger partial charge in [0.25, 0.3) is 13.4 Å². The van der Waals surface area contributed by atoms with E-state index in [2.05, 4.69) is 311 Å². The van der Waals surface area contributed by atoms with Crippen LogP contribution in [0.1, 0.15) is 0 Å². The Morgan fingerprint density at radius 1 is 0.195 bits per heavy atom. The molecule has 18 rings (SSSR count). The number of hydrogen-bond acceptors (Lipinski definition) is 4. The van der Waals surface area contributed by atoms with Crippen molar-refractivity contribution in [3.05, 3.63) is 291 Å². The summed E-state index contributed by atoms with van der Waals surface area (Å²) in [4.78, 5) is 10.1. The highest BCUT2D eigenvalue weighted by molar-refractivity contribution is 7.03. The van der Waals surface area contributed by atoms with E-state index in [0.717, 1.165) is 22.7 Å². The lowest BCUT2D eigenvalue weighted by atomic mass is 9.32. The number of hydrogen-bond donors (Lipinski definition) is 0. The average Bonchev–Trinajstić information content (AvgIpc) is 1.77. The Hall–Kier alpha value is -10.6. The summed E-state index contributed by atoms with van der Waals surface area (Å²) < 4.78 is 0. The maximum atomic E-state index is 2.55. The van der Waals surface area contributed by atoms with Gasteiger partial charge in [0, 0.05) is 68.2 Å². The first-order chi connectivity index (χ1) is 40.7. The van der Waals surface area contributed by atoms with Gasteiger partial charge in [0.2, 0.25) is 0 Å². The zero-order valence-electron chi connectivity index (χ0n) is 44.7. The second kappa shape index (κ2) is 17.5. The fourth-order valence-corrected chi connectivity index (χ4v) is 14.8. The Balaban J connectivity index is 0.837. The van der Waals surface area contributed by atoms with Crippen molar-refractivity contribution in [3.63, 3.8) is 0 Å². The number of benzene rings is 14. The third-order valence-electron chi connectivity index (χ3n) is 18.1. The third-order valence-corrected chi connectivity index (χ3v) is 18.1. The molecule has 14 aromatic carbocycles. The molecule has 82 heavy (non-hydrogen) atoms. The molecule has 6 heteroatoms. The highest BCUT2D eigenvalue weighted by Crippen LogP contribution is 2.48. The first-order valence-corrected chi connectivity index (χ1v) is 28.6. The van der Waals surface area contributed by atoms with Crippen LogP contribution < -0.4 is 52.4 Å². The van der Waals surface area contributed by atoms with Gasteiger partial charge in [-0.2, -0.15) is 0 Å². The lowest BCUT2D eigenvalue weighted by Crippen LogP contribution is -2.61. The van der Waals surface area contributed by atoms with Crippen molar-refractivity contribution in [2.45, 2.75) is 0 Å². The van der Waals surface area contributed by atoms with Crippen molar-refractivity contribution >= 4 is 158 Å². The smallest absolute Gasteiger partial charge is 0.253 e. The van der Waals surface area contributed by atoms with Crippen molar-refractivity contribution in [1.29, 1.82) is 0 Å². The van der Waals surface area contributed by atoms with Crippen molar-refractivity contribution in [2.75, 3.05) is 19.6 Å². The van der Waals surface area contributed by atoms with Crippen molar-refractivity contribution in [3.8, 4) is 11.1 Å². The van der Waals surface area contributed by atoms with Gasteiger partial charge in [0.05, 0.1) is 0 Å². The van der Waals surface area contributed by atoms with Gasteiger partial charge >= 0.3 is 0 Å². The molecule has 0 radical (unpaired) electrons. The van der Waals surface area contributed by atoms with Crippen LogP contribution in [0.25, 0.3) is 54.2 Å². The van der Waals surface area contributed by atoms with Crippen LogP contribution in [0.5, 0.6) is 0 Å². The second-order valence-electron chi connectivity index (χ2n) is 22.3. The molecule has 4 heterocycles. The van der Waals surface area contributed by atoms with Gasteiger partial charge in [-0.1, -0.05) is 188 Å². The van der Waals surface area contributed by atoms with Gasteiger partial charge in [-0.15, -0.1) is 0 Å². The van der Waals surface area contributed by atoms with E-state index in [4.69, 9.17) is 0 Å². The fourth-order valence-electron chi connectivity index (χ4n) is 14.8. The lowest BCUT2D eigenvalue weighted by Gasteiger charge is -2.44. The molecule has 0 saturated heterocycles. The number of nitrogens with zero attached hydrogens (tertiary/aromatic N) is 4. The SMILES string of the molecule is c1ccc(N2c3cc4ccc(-c5cccc(N6c7cccc8c7B(c7c(ccc9ccccc79)N8c7ccccc7)c7c6ccc6ccccc76)c5)cc4cc3B3c4c2cccc4N(c2ccccc2)c2ccc4ccccc4c23)cc1. The molecule has 0 N–H and O–H groups in total. The maximum absolute atomic E-state index is 2.55. The summed E-state index contributed by atoms with van der Waals surface area (Å²) in [6, 6.07) is 109. The van der Waals surface area contributed by atoms with E-state index in [1.807, 2.05) is 0 Å². The molecule has 0 bridgehead atoms. The first kappa shape index (κ1) is 45.3. The van der Waals surface area contributed by atoms with Crippen molar-refractivity contribution < 1.29 is 0 Å². The standard InChI is InChI=1S/C76H48B2N4/c1-4-23-56(24-5-1)79-64-33-17-34-65-75(64)77(72-60-30-13-10-19-49(60)39-42-68(72)79)63-47-55-45-53(37-38-54(55)48-71(63)81(65)58-27-8-3-9-28-58)52-22-16-29-59(46-52)82-67-36-18-35-66-76(67)78(74-62-32-15-12-21-51(62)41-44-70(74)82)73-61-31-14-11-20-50(61)40-43-69(73)80(66)57-25-6-2-7-26-57/h1-48H. The maximum Gasteiger partial charge on any atom is 0.253 e. The molecule has 0 aliphatic carbocycles. The minimum Gasteiger partial charge on any atom is -0.311 e. The largest absolute Gasteiger partial charge is 0.311 e. The molecule has 4 nitrogen and oxygen atoms in total. The predicted octanol–water partition coefficient (Wildman–Crippen LogP) is 16.1. The van der Waals surface area contributed by atoms with E-state index in [1.165, 1.54) is 132 Å². The van der Waals surface area contributed by atoms with E-state index >= 15 is 0 Å². The molecule has 0 fully saturated rings. The predicted molar refractivity (Wildman–Crippen MR) is 350 cm³/mol. The molecule has 0 atom stereocenters. The summed E-state index contributed by atoms with van der Waals surface area (Å²) in [5.41, 5.74) is 24.5. The second-order valence-corrected chi connectivity index (χ2v) is 22.3. The third kappa shape index (κ3) is 6.46. The van der Waals surface area contributed by atoms with Crippen LogP contribution in [0, 0.1) is 0 Å². The summed E-state index contributed by atoms with van der Waals surface area (Å²) in [6.07, 6.45) is 0. The summed E-state index contributed by atoms with van der Waals surface area (Å²) in [5.74, 6) is 0. The topological polar surface area (TPSA) is 13.0 Å². The Bertz CT molecular complexity index is 4990. The summed E-state index contributed by atoms with van der Waals surface area (Å²) >= 11 is 0. The highest BCUT2D eigenvalue weighted by Gasteiger charge is 2.46. The van der Waals surface area contributed by atoms with Crippen LogP contribution in [0.2, 0.25) is 0 Å². The number of anilines is 12.